The van der Waals surface area contributed by atoms with Crippen molar-refractivity contribution in [3.8, 4) is 0 Å². The number of amides is 1. The Morgan fingerprint density at radius 1 is 0.758 bits per heavy atom. The predicted molar refractivity (Wildman–Crippen MR) is 122 cm³/mol. The van der Waals surface area contributed by atoms with Gasteiger partial charge >= 0.3 is 5.97 Å². The lowest BCUT2D eigenvalue weighted by Crippen LogP contribution is -2.42. The molecule has 2 atom stereocenters. The molecule has 2 aromatic rings. The van der Waals surface area contributed by atoms with Crippen LogP contribution >= 0.6 is 0 Å². The Labute approximate surface area is 193 Å². The summed E-state index contributed by atoms with van der Waals surface area (Å²) in [6, 6.07) is 11.5. The molecule has 0 saturated carbocycles. The van der Waals surface area contributed by atoms with E-state index in [1.165, 1.54) is 50.2 Å². The molecule has 1 amide bonds. The van der Waals surface area contributed by atoms with Gasteiger partial charge in [-0.05, 0) is 64.1 Å². The molecule has 0 spiro atoms. The van der Waals surface area contributed by atoms with Gasteiger partial charge in [-0.1, -0.05) is 18.2 Å². The molecule has 12 heteroatoms. The van der Waals surface area contributed by atoms with Gasteiger partial charge in [0, 0.05) is 11.7 Å². The Balaban J connectivity index is 1.95. The Morgan fingerprint density at radius 3 is 1.82 bits per heavy atom. The van der Waals surface area contributed by atoms with Gasteiger partial charge in [-0.2, -0.15) is 4.72 Å². The van der Waals surface area contributed by atoms with Crippen molar-refractivity contribution in [2.75, 3.05) is 5.32 Å². The summed E-state index contributed by atoms with van der Waals surface area (Å²) >= 11 is 0. The zero-order chi connectivity index (χ0) is 24.8. The van der Waals surface area contributed by atoms with Crippen molar-refractivity contribution in [3.05, 3.63) is 54.6 Å². The molecular formula is C21H27N3O7S2. The van der Waals surface area contributed by atoms with Crippen LogP contribution in [0.3, 0.4) is 0 Å². The van der Waals surface area contributed by atoms with E-state index >= 15 is 0 Å². The molecule has 0 radical (unpaired) electrons. The summed E-state index contributed by atoms with van der Waals surface area (Å²) in [5.74, 6) is -1.60. The average Bonchev–Trinajstić information content (AvgIpc) is 2.73. The van der Waals surface area contributed by atoms with E-state index in [9.17, 15) is 26.4 Å². The quantitative estimate of drug-likeness (QED) is 0.422. The van der Waals surface area contributed by atoms with Crippen LogP contribution in [-0.4, -0.2) is 46.9 Å². The summed E-state index contributed by atoms with van der Waals surface area (Å²) in [5.41, 5.74) is 0.296. The molecule has 0 aliphatic rings. The van der Waals surface area contributed by atoms with E-state index in [-0.39, 0.29) is 15.8 Å². The number of ether oxygens (including phenoxy) is 1. The lowest BCUT2D eigenvalue weighted by molar-refractivity contribution is -0.154. The van der Waals surface area contributed by atoms with Crippen LogP contribution in [0.2, 0.25) is 0 Å². The average molecular weight is 498 g/mol. The number of carbonyl (C=O) groups is 2. The van der Waals surface area contributed by atoms with Gasteiger partial charge in [-0.15, -0.1) is 0 Å². The maximum atomic E-state index is 12.3. The lowest BCUT2D eigenvalue weighted by atomic mass is 10.3. The molecule has 3 N–H and O–H groups in total. The van der Waals surface area contributed by atoms with Crippen LogP contribution in [0, 0.1) is 0 Å². The minimum absolute atomic E-state index is 0.00973. The molecular weight excluding hydrogens is 470 g/mol. The Bertz CT molecular complexity index is 1180. The topological polar surface area (TPSA) is 148 Å². The predicted octanol–water partition coefficient (Wildman–Crippen LogP) is 1.61. The van der Waals surface area contributed by atoms with E-state index < -0.39 is 44.1 Å². The van der Waals surface area contributed by atoms with Crippen LogP contribution in [0.4, 0.5) is 5.69 Å². The fraction of sp³-hybridized carbons (Fsp3) is 0.333. The van der Waals surface area contributed by atoms with Crippen LogP contribution in [0.1, 0.15) is 27.7 Å². The molecule has 2 aromatic carbocycles. The molecule has 0 aliphatic heterocycles. The number of benzene rings is 2. The summed E-state index contributed by atoms with van der Waals surface area (Å²) in [6.07, 6.45) is -1.23. The summed E-state index contributed by atoms with van der Waals surface area (Å²) in [5, 5.41) is 2.51. The van der Waals surface area contributed by atoms with E-state index in [2.05, 4.69) is 14.8 Å². The van der Waals surface area contributed by atoms with Crippen molar-refractivity contribution in [1.29, 1.82) is 0 Å². The number of hydrogen-bond acceptors (Lipinski definition) is 7. The number of nitrogens with one attached hydrogen (secondary N) is 3. The molecule has 10 nitrogen and oxygen atoms in total. The monoisotopic (exact) mass is 497 g/mol. The zero-order valence-corrected chi connectivity index (χ0v) is 20.2. The molecule has 0 aliphatic carbocycles. The van der Waals surface area contributed by atoms with Crippen LogP contribution < -0.4 is 14.8 Å². The first-order valence-corrected chi connectivity index (χ1v) is 13.0. The SMILES string of the molecule is CC(C)NS(=O)(=O)c1ccc(NC(=O)C(C)OC(=O)[C@H](C)NS(=O)(=O)c2ccccc2)cc1. The standard InChI is InChI=1S/C21H27N3O7S2/c1-14(2)23-32(27,28)19-12-10-17(11-13-19)22-20(25)16(4)31-21(26)15(3)24-33(29,30)18-8-6-5-7-9-18/h5-16,23-24H,1-4H3,(H,22,25)/t15-,16?/m0/s1. The Morgan fingerprint density at radius 2 is 1.27 bits per heavy atom. The van der Waals surface area contributed by atoms with Crippen molar-refractivity contribution in [1.82, 2.24) is 9.44 Å². The minimum atomic E-state index is -3.94. The molecule has 0 bridgehead atoms. The van der Waals surface area contributed by atoms with Crippen LogP contribution in [0.25, 0.3) is 0 Å². The van der Waals surface area contributed by atoms with Crippen LogP contribution in [-0.2, 0) is 34.4 Å². The zero-order valence-electron chi connectivity index (χ0n) is 18.6. The third kappa shape index (κ3) is 7.63. The van der Waals surface area contributed by atoms with E-state index in [1.807, 2.05) is 0 Å². The second-order valence-electron chi connectivity index (χ2n) is 7.52. The summed E-state index contributed by atoms with van der Waals surface area (Å²) in [4.78, 5) is 24.6. The van der Waals surface area contributed by atoms with Crippen molar-refractivity contribution in [2.45, 2.75) is 55.7 Å². The first-order chi connectivity index (χ1) is 15.3. The third-order valence-corrected chi connectivity index (χ3v) is 7.46. The van der Waals surface area contributed by atoms with Crippen molar-refractivity contribution < 1.29 is 31.2 Å². The number of esters is 1. The molecule has 2 rings (SSSR count). The van der Waals surface area contributed by atoms with Gasteiger partial charge in [-0.3, -0.25) is 9.59 Å². The van der Waals surface area contributed by atoms with Gasteiger partial charge in [0.1, 0.15) is 6.04 Å². The first kappa shape index (κ1) is 26.5. The van der Waals surface area contributed by atoms with E-state index in [4.69, 9.17) is 4.74 Å². The number of hydrogen-bond donors (Lipinski definition) is 3. The van der Waals surface area contributed by atoms with Gasteiger partial charge < -0.3 is 10.1 Å². The molecule has 0 saturated heterocycles. The highest BCUT2D eigenvalue weighted by Gasteiger charge is 2.26. The molecule has 0 aromatic heterocycles. The van der Waals surface area contributed by atoms with Crippen molar-refractivity contribution in [2.24, 2.45) is 0 Å². The van der Waals surface area contributed by atoms with E-state index in [0.717, 1.165) is 0 Å². The lowest BCUT2D eigenvalue weighted by Gasteiger charge is -2.18. The molecule has 33 heavy (non-hydrogen) atoms. The highest BCUT2D eigenvalue weighted by molar-refractivity contribution is 7.89. The highest BCUT2D eigenvalue weighted by atomic mass is 32.2. The normalized spacial score (nSPS) is 13.8. The number of sulfonamides is 2. The Kier molecular flexibility index (Phi) is 8.72. The maximum absolute atomic E-state index is 12.3. The second-order valence-corrected chi connectivity index (χ2v) is 11.0. The third-order valence-electron chi connectivity index (χ3n) is 4.22. The molecule has 0 heterocycles. The van der Waals surface area contributed by atoms with Crippen molar-refractivity contribution in [3.63, 3.8) is 0 Å². The van der Waals surface area contributed by atoms with Crippen LogP contribution in [0.15, 0.2) is 64.4 Å². The van der Waals surface area contributed by atoms with Gasteiger partial charge in [0.2, 0.25) is 20.0 Å². The maximum Gasteiger partial charge on any atom is 0.324 e. The summed E-state index contributed by atoms with van der Waals surface area (Å²) in [6.45, 7) is 6.03. The largest absolute Gasteiger partial charge is 0.451 e. The van der Waals surface area contributed by atoms with E-state index in [1.54, 1.807) is 32.0 Å². The van der Waals surface area contributed by atoms with Gasteiger partial charge in [-0.25, -0.2) is 21.6 Å². The molecule has 0 fully saturated rings. The first-order valence-electron chi connectivity index (χ1n) is 10.0. The molecule has 1 unspecified atom stereocenters. The van der Waals surface area contributed by atoms with Gasteiger partial charge in [0.15, 0.2) is 6.10 Å². The minimum Gasteiger partial charge on any atom is -0.451 e. The number of carbonyl (C=O) groups excluding carboxylic acids is 2. The fourth-order valence-electron chi connectivity index (χ4n) is 2.62. The summed E-state index contributed by atoms with van der Waals surface area (Å²) in [7, 11) is -7.61. The highest BCUT2D eigenvalue weighted by Crippen LogP contribution is 2.15. The smallest absolute Gasteiger partial charge is 0.324 e. The second kappa shape index (κ2) is 10.9. The van der Waals surface area contributed by atoms with Crippen LogP contribution in [0.5, 0.6) is 0 Å². The Hall–Kier alpha value is -2.80. The van der Waals surface area contributed by atoms with Crippen molar-refractivity contribution >= 4 is 37.6 Å². The van der Waals surface area contributed by atoms with Gasteiger partial charge in [0.05, 0.1) is 9.79 Å². The molecule has 180 valence electrons. The number of rotatable bonds is 10. The fourth-order valence-corrected chi connectivity index (χ4v) is 5.08. The van der Waals surface area contributed by atoms with E-state index in [0.29, 0.717) is 5.69 Å². The summed E-state index contributed by atoms with van der Waals surface area (Å²) < 4.78 is 58.7. The van der Waals surface area contributed by atoms with Gasteiger partial charge in [0.25, 0.3) is 5.91 Å². The number of anilines is 1.